The molecule has 6 heteroatoms. The van der Waals surface area contributed by atoms with E-state index in [9.17, 15) is 4.79 Å². The second-order valence-electron chi connectivity index (χ2n) is 4.70. The van der Waals surface area contributed by atoms with E-state index >= 15 is 0 Å². The Morgan fingerprint density at radius 3 is 2.61 bits per heavy atom. The Bertz CT molecular complexity index is 743. The lowest BCUT2D eigenvalue weighted by atomic mass is 10.1. The number of amides is 1. The van der Waals surface area contributed by atoms with E-state index in [1.54, 1.807) is 12.1 Å². The predicted molar refractivity (Wildman–Crippen MR) is 89.6 cm³/mol. The van der Waals surface area contributed by atoms with E-state index < -0.39 is 0 Å². The molecule has 23 heavy (non-hydrogen) atoms. The SMILES string of the molecule is O=C(NCCOc1ccc(-c2ccccc2)nn1)c1cccs1. The van der Waals surface area contributed by atoms with Gasteiger partial charge in [-0.05, 0) is 17.5 Å². The number of nitrogens with one attached hydrogen (secondary N) is 1. The van der Waals surface area contributed by atoms with E-state index in [4.69, 9.17) is 4.74 Å². The second-order valence-corrected chi connectivity index (χ2v) is 5.65. The van der Waals surface area contributed by atoms with Crippen molar-refractivity contribution >= 4 is 17.2 Å². The van der Waals surface area contributed by atoms with Gasteiger partial charge in [-0.25, -0.2) is 0 Å². The first kappa shape index (κ1) is 15.2. The monoisotopic (exact) mass is 325 g/mol. The molecule has 1 aromatic carbocycles. The lowest BCUT2D eigenvalue weighted by Crippen LogP contribution is -2.27. The number of rotatable bonds is 6. The lowest BCUT2D eigenvalue weighted by molar-refractivity contribution is 0.0950. The van der Waals surface area contributed by atoms with Gasteiger partial charge < -0.3 is 10.1 Å². The molecule has 1 N–H and O–H groups in total. The van der Waals surface area contributed by atoms with E-state index in [0.717, 1.165) is 11.3 Å². The third-order valence-electron chi connectivity index (χ3n) is 3.09. The molecule has 0 aliphatic heterocycles. The van der Waals surface area contributed by atoms with Crippen LogP contribution < -0.4 is 10.1 Å². The Morgan fingerprint density at radius 2 is 1.91 bits per heavy atom. The molecule has 0 atom stereocenters. The maximum absolute atomic E-state index is 11.7. The second kappa shape index (κ2) is 7.51. The van der Waals surface area contributed by atoms with Crippen LogP contribution >= 0.6 is 11.3 Å². The van der Waals surface area contributed by atoms with Crippen molar-refractivity contribution in [3.8, 4) is 17.1 Å². The van der Waals surface area contributed by atoms with Gasteiger partial charge in [0.05, 0.1) is 17.1 Å². The third-order valence-corrected chi connectivity index (χ3v) is 3.96. The smallest absolute Gasteiger partial charge is 0.261 e. The molecule has 0 aliphatic rings. The van der Waals surface area contributed by atoms with Crippen LogP contribution in [-0.4, -0.2) is 29.3 Å². The van der Waals surface area contributed by atoms with Crippen molar-refractivity contribution in [1.82, 2.24) is 15.5 Å². The Morgan fingerprint density at radius 1 is 1.04 bits per heavy atom. The Hall–Kier alpha value is -2.73. The number of carbonyl (C=O) groups is 1. The first-order valence-corrected chi connectivity index (χ1v) is 8.04. The number of nitrogens with zero attached hydrogens (tertiary/aromatic N) is 2. The molecule has 1 amide bonds. The van der Waals surface area contributed by atoms with Crippen molar-refractivity contribution < 1.29 is 9.53 Å². The molecule has 0 fully saturated rings. The molecule has 0 aliphatic carbocycles. The summed E-state index contributed by atoms with van der Waals surface area (Å²) in [5.74, 6) is 0.351. The van der Waals surface area contributed by atoms with Crippen LogP contribution in [0.4, 0.5) is 0 Å². The summed E-state index contributed by atoms with van der Waals surface area (Å²) in [4.78, 5) is 12.4. The largest absolute Gasteiger partial charge is 0.475 e. The number of carbonyl (C=O) groups excluding carboxylic acids is 1. The van der Waals surface area contributed by atoms with Crippen LogP contribution in [0.3, 0.4) is 0 Å². The van der Waals surface area contributed by atoms with Crippen LogP contribution in [0.25, 0.3) is 11.3 Å². The number of hydrogen-bond donors (Lipinski definition) is 1. The average molecular weight is 325 g/mol. The minimum atomic E-state index is -0.0888. The zero-order valence-corrected chi connectivity index (χ0v) is 13.1. The standard InChI is InChI=1S/C17H15N3O2S/c21-17(15-7-4-12-23-15)18-10-11-22-16-9-8-14(19-20-16)13-5-2-1-3-6-13/h1-9,12H,10-11H2,(H,18,21). The molecule has 0 spiro atoms. The molecule has 3 aromatic rings. The third kappa shape index (κ3) is 4.14. The number of thiophene rings is 1. The van der Waals surface area contributed by atoms with Crippen molar-refractivity contribution in [3.05, 3.63) is 64.9 Å². The van der Waals surface area contributed by atoms with Crippen LogP contribution in [0.1, 0.15) is 9.67 Å². The molecular weight excluding hydrogens is 310 g/mol. The van der Waals surface area contributed by atoms with Crippen molar-refractivity contribution in [2.45, 2.75) is 0 Å². The van der Waals surface area contributed by atoms with E-state index in [1.807, 2.05) is 47.8 Å². The van der Waals surface area contributed by atoms with Gasteiger partial charge in [0.1, 0.15) is 6.61 Å². The van der Waals surface area contributed by atoms with Gasteiger partial charge >= 0.3 is 0 Å². The van der Waals surface area contributed by atoms with Gasteiger partial charge in [0.15, 0.2) is 0 Å². The van der Waals surface area contributed by atoms with Gasteiger partial charge in [-0.2, -0.15) is 0 Å². The van der Waals surface area contributed by atoms with Crippen molar-refractivity contribution in [2.75, 3.05) is 13.2 Å². The molecule has 5 nitrogen and oxygen atoms in total. The minimum absolute atomic E-state index is 0.0888. The van der Waals surface area contributed by atoms with Crippen LogP contribution in [0.2, 0.25) is 0 Å². The van der Waals surface area contributed by atoms with E-state index in [1.165, 1.54) is 11.3 Å². The van der Waals surface area contributed by atoms with Crippen molar-refractivity contribution in [1.29, 1.82) is 0 Å². The highest BCUT2D eigenvalue weighted by molar-refractivity contribution is 7.12. The maximum Gasteiger partial charge on any atom is 0.261 e. The summed E-state index contributed by atoms with van der Waals surface area (Å²) >= 11 is 1.41. The summed E-state index contributed by atoms with van der Waals surface area (Å²) in [5, 5.41) is 12.8. The molecule has 0 bridgehead atoms. The van der Waals surface area contributed by atoms with Crippen molar-refractivity contribution in [2.24, 2.45) is 0 Å². The zero-order valence-electron chi connectivity index (χ0n) is 12.3. The average Bonchev–Trinajstić information content (AvgIpc) is 3.15. The molecule has 0 saturated heterocycles. The Kier molecular flexibility index (Phi) is 4.95. The molecule has 2 heterocycles. The fraction of sp³-hybridized carbons (Fsp3) is 0.118. The van der Waals surface area contributed by atoms with E-state index in [2.05, 4.69) is 15.5 Å². The molecular formula is C17H15N3O2S. The summed E-state index contributed by atoms with van der Waals surface area (Å²) < 4.78 is 5.48. The summed E-state index contributed by atoms with van der Waals surface area (Å²) in [7, 11) is 0. The summed E-state index contributed by atoms with van der Waals surface area (Å²) in [6.07, 6.45) is 0. The first-order valence-electron chi connectivity index (χ1n) is 7.16. The number of benzene rings is 1. The first-order chi connectivity index (χ1) is 11.3. The van der Waals surface area contributed by atoms with Gasteiger partial charge in [-0.3, -0.25) is 4.79 Å². The molecule has 0 unspecified atom stereocenters. The molecule has 3 rings (SSSR count). The van der Waals surface area contributed by atoms with Crippen LogP contribution in [0, 0.1) is 0 Å². The topological polar surface area (TPSA) is 64.1 Å². The highest BCUT2D eigenvalue weighted by Crippen LogP contribution is 2.16. The quantitative estimate of drug-likeness (QED) is 0.708. The van der Waals surface area contributed by atoms with E-state index in [0.29, 0.717) is 23.9 Å². The normalized spacial score (nSPS) is 10.3. The number of aromatic nitrogens is 2. The Labute approximate surface area is 138 Å². The summed E-state index contributed by atoms with van der Waals surface area (Å²) in [6, 6.07) is 17.1. The zero-order chi connectivity index (χ0) is 15.9. The highest BCUT2D eigenvalue weighted by atomic mass is 32.1. The molecule has 0 saturated carbocycles. The molecule has 116 valence electrons. The minimum Gasteiger partial charge on any atom is -0.475 e. The molecule has 2 aromatic heterocycles. The van der Waals surface area contributed by atoms with Crippen molar-refractivity contribution in [3.63, 3.8) is 0 Å². The fourth-order valence-corrected chi connectivity index (χ4v) is 2.62. The number of hydrogen-bond acceptors (Lipinski definition) is 5. The summed E-state index contributed by atoms with van der Waals surface area (Å²) in [5.41, 5.74) is 1.80. The Balaban J connectivity index is 1.47. The van der Waals surface area contributed by atoms with Gasteiger partial charge in [-0.1, -0.05) is 36.4 Å². The van der Waals surface area contributed by atoms with Gasteiger partial charge in [0.2, 0.25) is 5.88 Å². The number of ether oxygens (including phenoxy) is 1. The van der Waals surface area contributed by atoms with Crippen LogP contribution in [0.5, 0.6) is 5.88 Å². The van der Waals surface area contributed by atoms with E-state index in [-0.39, 0.29) is 5.91 Å². The maximum atomic E-state index is 11.7. The van der Waals surface area contributed by atoms with Crippen LogP contribution in [-0.2, 0) is 0 Å². The lowest BCUT2D eigenvalue weighted by Gasteiger charge is -2.06. The molecule has 0 radical (unpaired) electrons. The summed E-state index contributed by atoms with van der Waals surface area (Å²) in [6.45, 7) is 0.759. The van der Waals surface area contributed by atoms with Gasteiger partial charge in [0, 0.05) is 11.6 Å². The van der Waals surface area contributed by atoms with Gasteiger partial charge in [-0.15, -0.1) is 21.5 Å². The fourth-order valence-electron chi connectivity index (χ4n) is 1.97. The predicted octanol–water partition coefficient (Wildman–Crippen LogP) is 3.01. The van der Waals surface area contributed by atoms with Crippen LogP contribution in [0.15, 0.2) is 60.0 Å². The highest BCUT2D eigenvalue weighted by Gasteiger charge is 2.05. The van der Waals surface area contributed by atoms with Gasteiger partial charge in [0.25, 0.3) is 5.91 Å².